The van der Waals surface area contributed by atoms with Crippen molar-refractivity contribution >= 4 is 27.5 Å². The Balaban J connectivity index is 1.65. The first-order valence-corrected chi connectivity index (χ1v) is 12.5. The lowest BCUT2D eigenvalue weighted by molar-refractivity contribution is -0.121. The summed E-state index contributed by atoms with van der Waals surface area (Å²) in [4.78, 5) is 15.0. The lowest BCUT2D eigenvalue weighted by atomic mass is 10.1. The first kappa shape index (κ1) is 24.7. The molecule has 0 bridgehead atoms. The number of aryl methyl sites for hydroxylation is 1. The largest absolute Gasteiger partial charge is 0.379 e. The first-order chi connectivity index (χ1) is 15.4. The lowest BCUT2D eigenvalue weighted by Crippen LogP contribution is -2.41. The van der Waals surface area contributed by atoms with Crippen LogP contribution in [-0.2, 0) is 26.1 Å². The molecule has 0 aromatic heterocycles. The Morgan fingerprint density at radius 2 is 1.81 bits per heavy atom. The van der Waals surface area contributed by atoms with E-state index in [1.165, 1.54) is 28.6 Å². The van der Waals surface area contributed by atoms with Gasteiger partial charge in [0.15, 0.2) is 0 Å². The molecule has 0 atom stereocenters. The average molecular weight is 480 g/mol. The van der Waals surface area contributed by atoms with E-state index in [1.54, 1.807) is 0 Å². The molecule has 1 aliphatic heterocycles. The van der Waals surface area contributed by atoms with Gasteiger partial charge in [-0.25, -0.2) is 8.42 Å². The fraction of sp³-hybridized carbons (Fsp3) is 0.435. The van der Waals surface area contributed by atoms with Gasteiger partial charge in [0.25, 0.3) is 0 Å². The number of rotatable bonds is 10. The molecule has 1 aliphatic rings. The fourth-order valence-corrected chi connectivity index (χ4v) is 5.03. The Morgan fingerprint density at radius 3 is 2.50 bits per heavy atom. The summed E-state index contributed by atoms with van der Waals surface area (Å²) in [5, 5.41) is 3.31. The molecule has 0 aliphatic carbocycles. The highest BCUT2D eigenvalue weighted by Gasteiger charge is 2.27. The molecule has 32 heavy (non-hydrogen) atoms. The Labute approximate surface area is 195 Å². The highest BCUT2D eigenvalue weighted by molar-refractivity contribution is 7.89. The minimum Gasteiger partial charge on any atom is -0.379 e. The maximum absolute atomic E-state index is 13.3. The normalized spacial score (nSPS) is 15.1. The summed E-state index contributed by atoms with van der Waals surface area (Å²) in [6.07, 6.45) is 0.799. The van der Waals surface area contributed by atoms with Crippen molar-refractivity contribution in [2.45, 2.75) is 24.8 Å². The summed E-state index contributed by atoms with van der Waals surface area (Å²) < 4.78 is 33.2. The second kappa shape index (κ2) is 11.8. The van der Waals surface area contributed by atoms with Crippen molar-refractivity contribution < 1.29 is 17.9 Å². The van der Waals surface area contributed by atoms with Crippen LogP contribution in [0.4, 0.5) is 0 Å². The van der Waals surface area contributed by atoms with Crippen LogP contribution in [0.5, 0.6) is 0 Å². The summed E-state index contributed by atoms with van der Waals surface area (Å²) in [5.41, 5.74) is 1.82. The van der Waals surface area contributed by atoms with Crippen LogP contribution in [0.25, 0.3) is 0 Å². The predicted molar refractivity (Wildman–Crippen MR) is 125 cm³/mol. The van der Waals surface area contributed by atoms with Crippen molar-refractivity contribution in [1.82, 2.24) is 14.5 Å². The molecular formula is C23H30ClN3O4S. The van der Waals surface area contributed by atoms with Gasteiger partial charge in [0.1, 0.15) is 0 Å². The summed E-state index contributed by atoms with van der Waals surface area (Å²) in [6, 6.07) is 13.6. The van der Waals surface area contributed by atoms with E-state index in [-0.39, 0.29) is 23.9 Å². The molecule has 0 spiro atoms. The van der Waals surface area contributed by atoms with Crippen molar-refractivity contribution in [3.05, 3.63) is 64.7 Å². The fourth-order valence-electron chi connectivity index (χ4n) is 3.53. The van der Waals surface area contributed by atoms with Crippen molar-refractivity contribution in [2.75, 3.05) is 45.9 Å². The summed E-state index contributed by atoms with van der Waals surface area (Å²) in [6.45, 7) is 6.43. The van der Waals surface area contributed by atoms with Gasteiger partial charge in [-0.15, -0.1) is 0 Å². The number of nitrogens with zero attached hydrogens (tertiary/aromatic N) is 2. The molecule has 0 radical (unpaired) electrons. The monoisotopic (exact) mass is 479 g/mol. The van der Waals surface area contributed by atoms with E-state index in [9.17, 15) is 13.2 Å². The van der Waals surface area contributed by atoms with E-state index in [0.29, 0.717) is 11.6 Å². The van der Waals surface area contributed by atoms with Crippen LogP contribution >= 0.6 is 11.6 Å². The van der Waals surface area contributed by atoms with Crippen LogP contribution in [0.2, 0.25) is 5.02 Å². The number of hydrogen-bond acceptors (Lipinski definition) is 5. The smallest absolute Gasteiger partial charge is 0.243 e. The molecule has 0 unspecified atom stereocenters. The van der Waals surface area contributed by atoms with Gasteiger partial charge in [0.2, 0.25) is 15.9 Å². The number of nitrogens with one attached hydrogen (secondary N) is 1. The van der Waals surface area contributed by atoms with Crippen LogP contribution in [0.1, 0.15) is 17.5 Å². The molecule has 1 amide bonds. The van der Waals surface area contributed by atoms with E-state index < -0.39 is 10.0 Å². The molecule has 2 aromatic rings. The van der Waals surface area contributed by atoms with Crippen molar-refractivity contribution in [3.8, 4) is 0 Å². The van der Waals surface area contributed by atoms with Gasteiger partial charge in [-0.2, -0.15) is 4.31 Å². The third-order valence-electron chi connectivity index (χ3n) is 5.46. The minimum atomic E-state index is -3.88. The number of benzene rings is 2. The number of carbonyl (C=O) groups is 1. The number of amides is 1. The van der Waals surface area contributed by atoms with Crippen LogP contribution in [0.3, 0.4) is 0 Å². The Hall–Kier alpha value is -1.97. The molecule has 174 valence electrons. The van der Waals surface area contributed by atoms with E-state index in [1.807, 2.05) is 31.2 Å². The van der Waals surface area contributed by atoms with Gasteiger partial charge in [0, 0.05) is 31.2 Å². The van der Waals surface area contributed by atoms with Crippen LogP contribution in [0.15, 0.2) is 53.4 Å². The Morgan fingerprint density at radius 1 is 1.12 bits per heavy atom. The minimum absolute atomic E-state index is 0.107. The predicted octanol–water partition coefficient (Wildman–Crippen LogP) is 2.68. The van der Waals surface area contributed by atoms with E-state index in [2.05, 4.69) is 10.2 Å². The van der Waals surface area contributed by atoms with Crippen LogP contribution in [-0.4, -0.2) is 69.5 Å². The zero-order valence-corrected chi connectivity index (χ0v) is 19.9. The molecule has 3 rings (SSSR count). The van der Waals surface area contributed by atoms with Gasteiger partial charge in [-0.05, 0) is 55.3 Å². The van der Waals surface area contributed by atoms with Gasteiger partial charge in [0.05, 0.1) is 24.7 Å². The van der Waals surface area contributed by atoms with E-state index in [4.69, 9.17) is 16.3 Å². The highest BCUT2D eigenvalue weighted by atomic mass is 35.5. The third-order valence-corrected chi connectivity index (χ3v) is 7.51. The van der Waals surface area contributed by atoms with Gasteiger partial charge in [-0.3, -0.25) is 9.69 Å². The number of morpholine rings is 1. The Kier molecular flexibility index (Phi) is 9.07. The molecular weight excluding hydrogens is 450 g/mol. The maximum Gasteiger partial charge on any atom is 0.243 e. The number of halogens is 1. The molecule has 2 aromatic carbocycles. The summed E-state index contributed by atoms with van der Waals surface area (Å²) >= 11 is 5.92. The maximum atomic E-state index is 13.3. The standard InChI is InChI=1S/C23H30ClN3O4S/c1-19-5-2-3-6-20(19)17-27(32(29,30)22-9-7-21(24)8-10-22)18-23(28)25-11-4-12-26-13-15-31-16-14-26/h2-3,5-10H,4,11-18H2,1H3,(H,25,28). The second-order valence-electron chi connectivity index (χ2n) is 7.81. The average Bonchev–Trinajstić information content (AvgIpc) is 2.78. The van der Waals surface area contributed by atoms with E-state index in [0.717, 1.165) is 50.4 Å². The molecule has 0 saturated carbocycles. The molecule has 9 heteroatoms. The SMILES string of the molecule is Cc1ccccc1CN(CC(=O)NCCCN1CCOCC1)S(=O)(=O)c1ccc(Cl)cc1. The number of ether oxygens (including phenoxy) is 1. The summed E-state index contributed by atoms with van der Waals surface area (Å²) in [5.74, 6) is -0.321. The Bertz CT molecular complexity index is 993. The zero-order chi connectivity index (χ0) is 23.0. The quantitative estimate of drug-likeness (QED) is 0.530. The molecule has 1 saturated heterocycles. The topological polar surface area (TPSA) is 79.0 Å². The van der Waals surface area contributed by atoms with Crippen molar-refractivity contribution in [2.24, 2.45) is 0 Å². The van der Waals surface area contributed by atoms with Crippen molar-refractivity contribution in [3.63, 3.8) is 0 Å². The van der Waals surface area contributed by atoms with Crippen molar-refractivity contribution in [1.29, 1.82) is 0 Å². The van der Waals surface area contributed by atoms with Crippen LogP contribution < -0.4 is 5.32 Å². The number of carbonyl (C=O) groups excluding carboxylic acids is 1. The highest BCUT2D eigenvalue weighted by Crippen LogP contribution is 2.21. The van der Waals surface area contributed by atoms with Gasteiger partial charge >= 0.3 is 0 Å². The third kappa shape index (κ3) is 7.02. The molecule has 1 heterocycles. The molecule has 1 N–H and O–H groups in total. The number of hydrogen-bond donors (Lipinski definition) is 1. The number of sulfonamides is 1. The van der Waals surface area contributed by atoms with Gasteiger partial charge in [-0.1, -0.05) is 35.9 Å². The second-order valence-corrected chi connectivity index (χ2v) is 10.2. The lowest BCUT2D eigenvalue weighted by Gasteiger charge is -2.26. The van der Waals surface area contributed by atoms with Gasteiger partial charge < -0.3 is 10.1 Å². The zero-order valence-electron chi connectivity index (χ0n) is 18.3. The molecule has 7 nitrogen and oxygen atoms in total. The van der Waals surface area contributed by atoms with Crippen LogP contribution in [0, 0.1) is 6.92 Å². The van der Waals surface area contributed by atoms with E-state index >= 15 is 0 Å². The molecule has 1 fully saturated rings. The summed E-state index contributed by atoms with van der Waals surface area (Å²) in [7, 11) is -3.88. The first-order valence-electron chi connectivity index (χ1n) is 10.7.